The van der Waals surface area contributed by atoms with Crippen LogP contribution in [0, 0.1) is 12.7 Å². The van der Waals surface area contributed by atoms with Gasteiger partial charge >= 0.3 is 5.97 Å². The second-order valence-electron chi connectivity index (χ2n) is 4.88. The van der Waals surface area contributed by atoms with Gasteiger partial charge in [-0.3, -0.25) is 4.79 Å². The highest BCUT2D eigenvalue weighted by Gasteiger charge is 2.25. The lowest BCUT2D eigenvalue weighted by atomic mass is 10.1. The number of rotatable bonds is 4. The van der Waals surface area contributed by atoms with Crippen molar-refractivity contribution in [2.75, 3.05) is 0 Å². The van der Waals surface area contributed by atoms with Gasteiger partial charge in [0, 0.05) is 5.56 Å². The van der Waals surface area contributed by atoms with Crippen molar-refractivity contribution < 1.29 is 23.8 Å². The van der Waals surface area contributed by atoms with Crippen molar-refractivity contribution in [3.8, 4) is 5.75 Å². The number of esters is 1. The number of amides is 1. The second-order valence-corrected chi connectivity index (χ2v) is 5.74. The van der Waals surface area contributed by atoms with Crippen LogP contribution in [0.4, 0.5) is 4.39 Å². The minimum atomic E-state index is -1.39. The molecule has 3 N–H and O–H groups in total. The molecule has 0 fully saturated rings. The zero-order chi connectivity index (χ0) is 17.1. The first kappa shape index (κ1) is 17.0. The number of carbonyl (C=O) groups excluding carboxylic acids is 2. The zero-order valence-corrected chi connectivity index (χ0v) is 13.6. The van der Waals surface area contributed by atoms with Gasteiger partial charge in [-0.25, -0.2) is 9.18 Å². The van der Waals surface area contributed by atoms with E-state index >= 15 is 0 Å². The lowest BCUT2D eigenvalue weighted by molar-refractivity contribution is -0.127. The van der Waals surface area contributed by atoms with Crippen molar-refractivity contribution in [2.45, 2.75) is 13.0 Å². The topological polar surface area (TPSA) is 89.6 Å². The van der Waals surface area contributed by atoms with E-state index in [-0.39, 0.29) is 16.9 Å². The molecule has 0 aliphatic heterocycles. The normalized spacial score (nSPS) is 11.8. The maximum Gasteiger partial charge on any atom is 0.343 e. The maximum absolute atomic E-state index is 13.0. The maximum atomic E-state index is 13.0. The Morgan fingerprint density at radius 2 is 1.87 bits per heavy atom. The van der Waals surface area contributed by atoms with Crippen LogP contribution < -0.4 is 5.73 Å². The minimum Gasteiger partial charge on any atom is -0.506 e. The number of nitrogens with two attached hydrogens (primary N) is 1. The number of phenolic OH excluding ortho intramolecular Hbond substituents is 1. The summed E-state index contributed by atoms with van der Waals surface area (Å²) in [5.74, 6) is -2.62. The van der Waals surface area contributed by atoms with Crippen LogP contribution in [-0.2, 0) is 9.53 Å². The average Bonchev–Trinajstić information content (AvgIpc) is 2.49. The molecule has 23 heavy (non-hydrogen) atoms. The molecular weight excluding hydrogens is 369 g/mol. The molecular formula is C16H13BrFNO4. The van der Waals surface area contributed by atoms with E-state index in [4.69, 9.17) is 10.5 Å². The largest absolute Gasteiger partial charge is 0.506 e. The Hall–Kier alpha value is -2.41. The molecule has 1 unspecified atom stereocenters. The van der Waals surface area contributed by atoms with Gasteiger partial charge < -0.3 is 15.6 Å². The van der Waals surface area contributed by atoms with Gasteiger partial charge in [-0.05, 0) is 52.7 Å². The molecule has 0 aromatic heterocycles. The fourth-order valence-corrected chi connectivity index (χ4v) is 2.56. The molecule has 0 bridgehead atoms. The first-order valence-electron chi connectivity index (χ1n) is 6.54. The number of primary amides is 1. The van der Waals surface area contributed by atoms with E-state index in [0.29, 0.717) is 10.0 Å². The predicted molar refractivity (Wildman–Crippen MR) is 84.3 cm³/mol. The highest BCUT2D eigenvalue weighted by atomic mass is 79.9. The Morgan fingerprint density at radius 1 is 1.26 bits per heavy atom. The summed E-state index contributed by atoms with van der Waals surface area (Å²) in [6, 6.07) is 7.89. The van der Waals surface area contributed by atoms with Crippen LogP contribution in [0.25, 0.3) is 0 Å². The first-order valence-corrected chi connectivity index (χ1v) is 7.33. The number of benzene rings is 2. The van der Waals surface area contributed by atoms with Crippen molar-refractivity contribution in [3.05, 3.63) is 63.4 Å². The monoisotopic (exact) mass is 381 g/mol. The smallest absolute Gasteiger partial charge is 0.343 e. The fourth-order valence-electron chi connectivity index (χ4n) is 1.99. The van der Waals surface area contributed by atoms with Crippen LogP contribution in [0.1, 0.15) is 27.6 Å². The molecule has 2 aromatic rings. The van der Waals surface area contributed by atoms with E-state index in [9.17, 15) is 19.1 Å². The Labute approximate surface area is 140 Å². The third-order valence-electron chi connectivity index (χ3n) is 3.08. The molecule has 0 heterocycles. The van der Waals surface area contributed by atoms with E-state index < -0.39 is 23.8 Å². The van der Waals surface area contributed by atoms with Crippen molar-refractivity contribution >= 4 is 27.8 Å². The summed E-state index contributed by atoms with van der Waals surface area (Å²) in [5, 5.41) is 9.94. The van der Waals surface area contributed by atoms with Gasteiger partial charge in [0.15, 0.2) is 0 Å². The number of halogens is 2. The summed E-state index contributed by atoms with van der Waals surface area (Å²) >= 11 is 3.12. The quantitative estimate of drug-likeness (QED) is 0.796. The second kappa shape index (κ2) is 6.78. The SMILES string of the molecule is Cc1cc(Br)c(O)c(C(=O)OC(C(N)=O)c2ccc(F)cc2)c1. The molecule has 0 saturated carbocycles. The van der Waals surface area contributed by atoms with E-state index in [2.05, 4.69) is 15.9 Å². The summed E-state index contributed by atoms with van der Waals surface area (Å²) in [6.07, 6.45) is -1.39. The first-order chi connectivity index (χ1) is 10.8. The van der Waals surface area contributed by atoms with Gasteiger partial charge in [0.2, 0.25) is 6.10 Å². The number of ether oxygens (including phenoxy) is 1. The van der Waals surface area contributed by atoms with Crippen LogP contribution >= 0.6 is 15.9 Å². The fraction of sp³-hybridized carbons (Fsp3) is 0.125. The molecule has 1 amide bonds. The number of hydrogen-bond donors (Lipinski definition) is 2. The average molecular weight is 382 g/mol. The molecule has 2 aromatic carbocycles. The van der Waals surface area contributed by atoms with E-state index in [0.717, 1.165) is 12.1 Å². The summed E-state index contributed by atoms with van der Waals surface area (Å²) in [4.78, 5) is 23.8. The summed E-state index contributed by atoms with van der Waals surface area (Å²) in [5.41, 5.74) is 6.09. The Morgan fingerprint density at radius 3 is 2.43 bits per heavy atom. The van der Waals surface area contributed by atoms with Gasteiger partial charge in [-0.2, -0.15) is 0 Å². The molecule has 0 saturated heterocycles. The molecule has 5 nitrogen and oxygen atoms in total. The van der Waals surface area contributed by atoms with Gasteiger partial charge in [-0.1, -0.05) is 12.1 Å². The van der Waals surface area contributed by atoms with Crippen molar-refractivity contribution in [3.63, 3.8) is 0 Å². The van der Waals surface area contributed by atoms with Gasteiger partial charge in [0.05, 0.1) is 4.47 Å². The lowest BCUT2D eigenvalue weighted by Crippen LogP contribution is -2.26. The molecule has 0 aliphatic rings. The highest BCUT2D eigenvalue weighted by Crippen LogP contribution is 2.31. The molecule has 0 spiro atoms. The Kier molecular flexibility index (Phi) is 5.00. The van der Waals surface area contributed by atoms with E-state index in [1.165, 1.54) is 18.2 Å². The van der Waals surface area contributed by atoms with Crippen LogP contribution in [-0.4, -0.2) is 17.0 Å². The standard InChI is InChI=1S/C16H13BrFNO4/c1-8-6-11(13(20)12(17)7-8)16(22)23-14(15(19)21)9-2-4-10(18)5-3-9/h2-7,14,20H,1H3,(H2,19,21). The molecule has 0 aliphatic carbocycles. The third kappa shape index (κ3) is 3.87. The zero-order valence-electron chi connectivity index (χ0n) is 12.0. The Balaban J connectivity index is 2.32. The van der Waals surface area contributed by atoms with E-state index in [1.54, 1.807) is 13.0 Å². The molecule has 7 heteroatoms. The minimum absolute atomic E-state index is 0.106. The number of phenols is 1. The van der Waals surface area contributed by atoms with Gasteiger partial charge in [0.1, 0.15) is 17.1 Å². The summed E-state index contributed by atoms with van der Waals surface area (Å²) < 4.78 is 18.4. The molecule has 120 valence electrons. The number of aryl methyl sites for hydroxylation is 1. The number of aromatic hydroxyl groups is 1. The lowest BCUT2D eigenvalue weighted by Gasteiger charge is -2.16. The van der Waals surface area contributed by atoms with Crippen molar-refractivity contribution in [1.29, 1.82) is 0 Å². The third-order valence-corrected chi connectivity index (χ3v) is 3.69. The number of hydrogen-bond acceptors (Lipinski definition) is 4. The Bertz CT molecular complexity index is 761. The van der Waals surface area contributed by atoms with E-state index in [1.807, 2.05) is 0 Å². The van der Waals surface area contributed by atoms with Crippen molar-refractivity contribution in [2.24, 2.45) is 5.73 Å². The van der Waals surface area contributed by atoms with Crippen LogP contribution in [0.5, 0.6) is 5.75 Å². The molecule has 0 radical (unpaired) electrons. The van der Waals surface area contributed by atoms with Crippen LogP contribution in [0.3, 0.4) is 0 Å². The van der Waals surface area contributed by atoms with Crippen LogP contribution in [0.2, 0.25) is 0 Å². The predicted octanol–water partition coefficient (Wildman–Crippen LogP) is 2.99. The van der Waals surface area contributed by atoms with Gasteiger partial charge in [0.25, 0.3) is 5.91 Å². The molecule has 1 atom stereocenters. The summed E-state index contributed by atoms with van der Waals surface area (Å²) in [6.45, 7) is 1.73. The highest BCUT2D eigenvalue weighted by molar-refractivity contribution is 9.10. The number of carbonyl (C=O) groups is 2. The summed E-state index contributed by atoms with van der Waals surface area (Å²) in [7, 11) is 0. The van der Waals surface area contributed by atoms with Crippen molar-refractivity contribution in [1.82, 2.24) is 0 Å². The van der Waals surface area contributed by atoms with Gasteiger partial charge in [-0.15, -0.1) is 0 Å². The van der Waals surface area contributed by atoms with Crippen LogP contribution in [0.15, 0.2) is 40.9 Å². The molecule has 2 rings (SSSR count).